The highest BCUT2D eigenvalue weighted by molar-refractivity contribution is 5.96. The molecule has 0 unspecified atom stereocenters. The predicted molar refractivity (Wildman–Crippen MR) is 41.0 cm³/mol. The molecule has 0 aliphatic heterocycles. The largest absolute Gasteiger partial charge is 0.293 e. The second-order valence-electron chi connectivity index (χ2n) is 2.56. The minimum Gasteiger partial charge on any atom is -0.293 e. The molecule has 0 radical (unpaired) electrons. The molecule has 1 heteroatoms. The van der Waals surface area contributed by atoms with Gasteiger partial charge in [0.25, 0.3) is 0 Å². The number of nitrogens with zero attached hydrogens (tertiary/aromatic N) is 1. The third kappa shape index (κ3) is 1.67. The number of aliphatic imine (C=N–C) groups is 1. The maximum Gasteiger partial charge on any atom is 0.0344 e. The van der Waals surface area contributed by atoms with Crippen LogP contribution in [-0.4, -0.2) is 12.8 Å². The normalized spacial score (nSPS) is 24.2. The fourth-order valence-electron chi connectivity index (χ4n) is 1.15. The summed E-state index contributed by atoms with van der Waals surface area (Å²) in [6, 6.07) is 0. The van der Waals surface area contributed by atoms with Crippen LogP contribution in [0.3, 0.4) is 0 Å². The Morgan fingerprint density at radius 2 is 2.22 bits per heavy atom. The van der Waals surface area contributed by atoms with Gasteiger partial charge in [0.2, 0.25) is 0 Å². The minimum atomic E-state index is 1.17. The van der Waals surface area contributed by atoms with Gasteiger partial charge in [-0.3, -0.25) is 4.99 Å². The zero-order valence-electron chi connectivity index (χ0n) is 6.15. The summed E-state index contributed by atoms with van der Waals surface area (Å²) in [4.78, 5) is 4.14. The lowest BCUT2D eigenvalue weighted by Gasteiger charge is -2.09. The van der Waals surface area contributed by atoms with Crippen molar-refractivity contribution in [2.24, 2.45) is 4.99 Å². The van der Waals surface area contributed by atoms with E-state index in [1.165, 1.54) is 30.5 Å². The average Bonchev–Trinajstić information content (AvgIpc) is 1.88. The van der Waals surface area contributed by atoms with E-state index in [9.17, 15) is 0 Å². The van der Waals surface area contributed by atoms with Crippen LogP contribution in [0, 0.1) is 0 Å². The van der Waals surface area contributed by atoms with Crippen LogP contribution >= 0.6 is 0 Å². The van der Waals surface area contributed by atoms with Gasteiger partial charge in [-0.05, 0) is 32.3 Å². The van der Waals surface area contributed by atoms with Crippen LogP contribution in [0.2, 0.25) is 0 Å². The Hall–Kier alpha value is -0.590. The second kappa shape index (κ2) is 2.81. The molecule has 1 nitrogen and oxygen atoms in total. The highest BCUT2D eigenvalue weighted by Crippen LogP contribution is 2.14. The molecule has 0 aromatic rings. The van der Waals surface area contributed by atoms with Crippen molar-refractivity contribution in [2.45, 2.75) is 26.2 Å². The van der Waals surface area contributed by atoms with Gasteiger partial charge in [-0.15, -0.1) is 0 Å². The van der Waals surface area contributed by atoms with Crippen LogP contribution in [0.1, 0.15) is 26.2 Å². The Bertz CT molecular complexity index is 154. The Balaban J connectivity index is 2.68. The molecule has 0 spiro atoms. The second-order valence-corrected chi connectivity index (χ2v) is 2.56. The summed E-state index contributed by atoms with van der Waals surface area (Å²) in [5.41, 5.74) is 2.74. The van der Waals surface area contributed by atoms with Crippen LogP contribution in [0.5, 0.6) is 0 Å². The summed E-state index contributed by atoms with van der Waals surface area (Å²) in [5.74, 6) is 0. The van der Waals surface area contributed by atoms with Crippen molar-refractivity contribution < 1.29 is 0 Å². The molecule has 0 aromatic heterocycles. The molecule has 0 saturated heterocycles. The molecule has 9 heavy (non-hydrogen) atoms. The van der Waals surface area contributed by atoms with E-state index in [0.29, 0.717) is 0 Å². The highest BCUT2D eigenvalue weighted by atomic mass is 14.7. The molecule has 0 amide bonds. The van der Waals surface area contributed by atoms with Crippen molar-refractivity contribution in [1.82, 2.24) is 0 Å². The van der Waals surface area contributed by atoms with E-state index >= 15 is 0 Å². The van der Waals surface area contributed by atoms with Gasteiger partial charge in [-0.25, -0.2) is 0 Å². The van der Waals surface area contributed by atoms with Crippen molar-refractivity contribution in [3.05, 3.63) is 11.6 Å². The van der Waals surface area contributed by atoms with Crippen LogP contribution < -0.4 is 0 Å². The highest BCUT2D eigenvalue weighted by Gasteiger charge is 2.02. The summed E-state index contributed by atoms with van der Waals surface area (Å²) >= 11 is 0. The van der Waals surface area contributed by atoms with E-state index in [1.54, 1.807) is 0 Å². The molecule has 0 atom stereocenters. The fraction of sp³-hybridized carbons (Fsp3) is 0.625. The van der Waals surface area contributed by atoms with E-state index in [2.05, 4.69) is 18.0 Å². The molecule has 1 aliphatic rings. The number of rotatable bonds is 0. The van der Waals surface area contributed by atoms with Gasteiger partial charge in [-0.1, -0.05) is 5.57 Å². The molecular formula is C8H13N. The van der Waals surface area contributed by atoms with Crippen LogP contribution in [0.15, 0.2) is 16.6 Å². The third-order valence-corrected chi connectivity index (χ3v) is 1.70. The number of hydrogen-bond donors (Lipinski definition) is 0. The Morgan fingerprint density at radius 1 is 1.44 bits per heavy atom. The van der Waals surface area contributed by atoms with Crippen LogP contribution in [0.25, 0.3) is 0 Å². The SMILES string of the molecule is CN=C1C=C(C)CCC1. The van der Waals surface area contributed by atoms with E-state index < -0.39 is 0 Å². The first kappa shape index (κ1) is 6.53. The Morgan fingerprint density at radius 3 is 2.67 bits per heavy atom. The number of allylic oxidation sites excluding steroid dienone is 2. The van der Waals surface area contributed by atoms with Crippen molar-refractivity contribution in [3.8, 4) is 0 Å². The summed E-state index contributed by atoms with van der Waals surface area (Å²) in [6.07, 6.45) is 5.92. The Labute approximate surface area is 56.5 Å². The summed E-state index contributed by atoms with van der Waals surface area (Å²) in [7, 11) is 1.87. The first-order valence-corrected chi connectivity index (χ1v) is 3.46. The molecular weight excluding hydrogens is 110 g/mol. The van der Waals surface area contributed by atoms with Gasteiger partial charge in [0.1, 0.15) is 0 Å². The first-order valence-electron chi connectivity index (χ1n) is 3.46. The summed E-state index contributed by atoms with van der Waals surface area (Å²) in [5, 5.41) is 0. The van der Waals surface area contributed by atoms with Crippen molar-refractivity contribution in [3.63, 3.8) is 0 Å². The van der Waals surface area contributed by atoms with E-state index in [0.717, 1.165) is 0 Å². The van der Waals surface area contributed by atoms with E-state index in [4.69, 9.17) is 0 Å². The van der Waals surface area contributed by atoms with E-state index in [-0.39, 0.29) is 0 Å². The molecule has 0 heterocycles. The van der Waals surface area contributed by atoms with Gasteiger partial charge in [0.15, 0.2) is 0 Å². The van der Waals surface area contributed by atoms with Gasteiger partial charge in [0, 0.05) is 12.8 Å². The van der Waals surface area contributed by atoms with E-state index in [1.807, 2.05) is 7.05 Å². The van der Waals surface area contributed by atoms with Gasteiger partial charge < -0.3 is 0 Å². The molecule has 0 N–H and O–H groups in total. The topological polar surface area (TPSA) is 12.4 Å². The smallest absolute Gasteiger partial charge is 0.0344 e. The fourth-order valence-corrected chi connectivity index (χ4v) is 1.15. The van der Waals surface area contributed by atoms with Crippen LogP contribution in [-0.2, 0) is 0 Å². The lowest BCUT2D eigenvalue weighted by atomic mass is 9.99. The standard InChI is InChI=1S/C8H13N/c1-7-4-3-5-8(6-7)9-2/h6H,3-5H2,1-2H3. The maximum absolute atomic E-state index is 4.14. The summed E-state index contributed by atoms with van der Waals surface area (Å²) < 4.78 is 0. The first-order chi connectivity index (χ1) is 4.33. The molecule has 0 fully saturated rings. The molecule has 0 saturated carbocycles. The average molecular weight is 123 g/mol. The Kier molecular flexibility index (Phi) is 2.04. The molecule has 0 aromatic carbocycles. The lowest BCUT2D eigenvalue weighted by Crippen LogP contribution is -2.00. The molecule has 1 rings (SSSR count). The van der Waals surface area contributed by atoms with Gasteiger partial charge in [-0.2, -0.15) is 0 Å². The molecule has 0 bridgehead atoms. The van der Waals surface area contributed by atoms with Gasteiger partial charge >= 0.3 is 0 Å². The van der Waals surface area contributed by atoms with Crippen LogP contribution in [0.4, 0.5) is 0 Å². The summed E-state index contributed by atoms with van der Waals surface area (Å²) in [6.45, 7) is 2.17. The van der Waals surface area contributed by atoms with Crippen molar-refractivity contribution >= 4 is 5.71 Å². The monoisotopic (exact) mass is 123 g/mol. The molecule has 1 aliphatic carbocycles. The lowest BCUT2D eigenvalue weighted by molar-refractivity contribution is 0.835. The molecule has 50 valence electrons. The maximum atomic E-state index is 4.14. The zero-order chi connectivity index (χ0) is 6.69. The van der Waals surface area contributed by atoms with Gasteiger partial charge in [0.05, 0.1) is 0 Å². The minimum absolute atomic E-state index is 1.17. The quantitative estimate of drug-likeness (QED) is 0.468. The zero-order valence-corrected chi connectivity index (χ0v) is 6.15. The third-order valence-electron chi connectivity index (χ3n) is 1.70. The van der Waals surface area contributed by atoms with Crippen molar-refractivity contribution in [2.75, 3.05) is 7.05 Å². The predicted octanol–water partition coefficient (Wildman–Crippen LogP) is 2.19. The van der Waals surface area contributed by atoms with Crippen molar-refractivity contribution in [1.29, 1.82) is 0 Å². The number of hydrogen-bond acceptors (Lipinski definition) is 1.